The minimum Gasteiger partial charge on any atom is -0.232 e. The standard InChI is InChI=1S/C10H6ClN2/c11-9-6-12-7-13-10(9)8-4-2-1-3-5-8/h1-6H. The van der Waals surface area contributed by atoms with Gasteiger partial charge < -0.3 is 0 Å². The first-order valence-corrected chi connectivity index (χ1v) is 4.20. The lowest BCUT2D eigenvalue weighted by atomic mass is 10.1. The van der Waals surface area contributed by atoms with Crippen LogP contribution in [-0.4, -0.2) is 9.97 Å². The lowest BCUT2D eigenvalue weighted by molar-refractivity contribution is 1.15. The Morgan fingerprint density at radius 1 is 1.15 bits per heavy atom. The molecule has 1 aromatic carbocycles. The maximum Gasteiger partial charge on any atom is 0.198 e. The Morgan fingerprint density at radius 3 is 2.62 bits per heavy atom. The van der Waals surface area contributed by atoms with Crippen molar-refractivity contribution in [1.82, 2.24) is 9.97 Å². The van der Waals surface area contributed by atoms with E-state index in [0.29, 0.717) is 5.02 Å². The fourth-order valence-electron chi connectivity index (χ4n) is 1.08. The average molecular weight is 190 g/mol. The van der Waals surface area contributed by atoms with E-state index in [1.165, 1.54) is 6.20 Å². The average Bonchev–Trinajstić information content (AvgIpc) is 2.20. The van der Waals surface area contributed by atoms with E-state index in [1.807, 2.05) is 30.3 Å². The molecule has 0 aliphatic heterocycles. The van der Waals surface area contributed by atoms with Gasteiger partial charge in [0.2, 0.25) is 0 Å². The van der Waals surface area contributed by atoms with Gasteiger partial charge in [0.05, 0.1) is 16.9 Å². The largest absolute Gasteiger partial charge is 0.232 e. The van der Waals surface area contributed by atoms with Crippen molar-refractivity contribution in [2.24, 2.45) is 0 Å². The van der Waals surface area contributed by atoms with Gasteiger partial charge in [-0.2, -0.15) is 0 Å². The zero-order chi connectivity index (χ0) is 9.10. The van der Waals surface area contributed by atoms with Crippen LogP contribution in [0, 0.1) is 6.33 Å². The maximum absolute atomic E-state index is 5.91. The van der Waals surface area contributed by atoms with Gasteiger partial charge in [0.1, 0.15) is 0 Å². The van der Waals surface area contributed by atoms with Gasteiger partial charge in [-0.15, -0.1) is 0 Å². The quantitative estimate of drug-likeness (QED) is 0.689. The molecular formula is C10H6ClN2. The van der Waals surface area contributed by atoms with Crippen LogP contribution in [0.3, 0.4) is 0 Å². The van der Waals surface area contributed by atoms with Crippen LogP contribution in [0.15, 0.2) is 36.5 Å². The number of hydrogen-bond acceptors (Lipinski definition) is 2. The first-order valence-electron chi connectivity index (χ1n) is 3.82. The van der Waals surface area contributed by atoms with E-state index in [0.717, 1.165) is 11.3 Å². The molecule has 0 atom stereocenters. The van der Waals surface area contributed by atoms with Gasteiger partial charge in [0.25, 0.3) is 0 Å². The summed E-state index contributed by atoms with van der Waals surface area (Å²) >= 11 is 5.91. The third kappa shape index (κ3) is 1.68. The maximum atomic E-state index is 5.91. The highest BCUT2D eigenvalue weighted by atomic mass is 35.5. The molecule has 0 fully saturated rings. The number of hydrogen-bond donors (Lipinski definition) is 0. The van der Waals surface area contributed by atoms with E-state index in [9.17, 15) is 0 Å². The molecular weight excluding hydrogens is 184 g/mol. The number of halogens is 1. The summed E-state index contributed by atoms with van der Waals surface area (Å²) in [7, 11) is 0. The molecule has 0 aliphatic rings. The highest BCUT2D eigenvalue weighted by molar-refractivity contribution is 6.32. The van der Waals surface area contributed by atoms with Crippen LogP contribution in [0.2, 0.25) is 5.02 Å². The van der Waals surface area contributed by atoms with Crippen LogP contribution < -0.4 is 0 Å². The van der Waals surface area contributed by atoms with E-state index in [1.54, 1.807) is 0 Å². The minimum atomic E-state index is 0.546. The third-order valence-electron chi connectivity index (χ3n) is 1.67. The van der Waals surface area contributed by atoms with Gasteiger partial charge in [-0.3, -0.25) is 0 Å². The van der Waals surface area contributed by atoms with E-state index in [4.69, 9.17) is 11.6 Å². The SMILES string of the molecule is Clc1cn[c]nc1-c1ccccc1. The van der Waals surface area contributed by atoms with Crippen LogP contribution in [0.1, 0.15) is 0 Å². The topological polar surface area (TPSA) is 25.8 Å². The molecule has 0 N–H and O–H groups in total. The summed E-state index contributed by atoms with van der Waals surface area (Å²) in [4.78, 5) is 7.68. The molecule has 2 rings (SSSR count). The Bertz CT molecular complexity index is 401. The number of rotatable bonds is 1. The van der Waals surface area contributed by atoms with Crippen molar-refractivity contribution >= 4 is 11.6 Å². The Labute approximate surface area is 81.2 Å². The predicted octanol–water partition coefficient (Wildman–Crippen LogP) is 2.60. The van der Waals surface area contributed by atoms with Gasteiger partial charge in [0.15, 0.2) is 6.33 Å². The first-order chi connectivity index (χ1) is 6.38. The zero-order valence-corrected chi connectivity index (χ0v) is 7.49. The molecule has 2 nitrogen and oxygen atoms in total. The number of benzene rings is 1. The third-order valence-corrected chi connectivity index (χ3v) is 1.95. The van der Waals surface area contributed by atoms with Crippen LogP contribution >= 0.6 is 11.6 Å². The summed E-state index contributed by atoms with van der Waals surface area (Å²) < 4.78 is 0. The van der Waals surface area contributed by atoms with Crippen molar-refractivity contribution in [3.8, 4) is 11.3 Å². The summed E-state index contributed by atoms with van der Waals surface area (Å²) in [6.45, 7) is 0. The molecule has 1 radical (unpaired) electrons. The monoisotopic (exact) mass is 189 g/mol. The lowest BCUT2D eigenvalue weighted by Crippen LogP contribution is -1.85. The normalized spacial score (nSPS) is 9.92. The molecule has 0 saturated heterocycles. The second-order valence-electron chi connectivity index (χ2n) is 2.53. The van der Waals surface area contributed by atoms with Gasteiger partial charge in [-0.25, -0.2) is 9.97 Å². The predicted molar refractivity (Wildman–Crippen MR) is 51.3 cm³/mol. The molecule has 13 heavy (non-hydrogen) atoms. The first kappa shape index (κ1) is 8.20. The molecule has 1 heterocycles. The molecule has 2 aromatic rings. The van der Waals surface area contributed by atoms with Crippen molar-refractivity contribution in [2.45, 2.75) is 0 Å². The van der Waals surface area contributed by atoms with Crippen molar-refractivity contribution in [2.75, 3.05) is 0 Å². The van der Waals surface area contributed by atoms with E-state index in [2.05, 4.69) is 16.3 Å². The lowest BCUT2D eigenvalue weighted by Gasteiger charge is -2.00. The highest BCUT2D eigenvalue weighted by Gasteiger charge is 2.02. The Hall–Kier alpha value is -1.41. The van der Waals surface area contributed by atoms with Crippen molar-refractivity contribution in [1.29, 1.82) is 0 Å². The Kier molecular flexibility index (Phi) is 2.23. The van der Waals surface area contributed by atoms with Crippen molar-refractivity contribution in [3.63, 3.8) is 0 Å². The Morgan fingerprint density at radius 2 is 1.92 bits per heavy atom. The molecule has 63 valence electrons. The molecule has 0 saturated carbocycles. The number of aromatic nitrogens is 2. The molecule has 0 unspecified atom stereocenters. The van der Waals surface area contributed by atoms with Crippen LogP contribution in [0.25, 0.3) is 11.3 Å². The second kappa shape index (κ2) is 3.54. The van der Waals surface area contributed by atoms with Crippen LogP contribution in [0.4, 0.5) is 0 Å². The second-order valence-corrected chi connectivity index (χ2v) is 2.94. The molecule has 0 spiro atoms. The summed E-state index contributed by atoms with van der Waals surface area (Å²) in [6.07, 6.45) is 4.05. The highest BCUT2D eigenvalue weighted by Crippen LogP contribution is 2.23. The molecule has 0 amide bonds. The van der Waals surface area contributed by atoms with Gasteiger partial charge in [0, 0.05) is 5.56 Å². The molecule has 3 heteroatoms. The summed E-state index contributed by atoms with van der Waals surface area (Å²) in [6, 6.07) is 9.72. The van der Waals surface area contributed by atoms with Crippen LogP contribution in [0.5, 0.6) is 0 Å². The van der Waals surface area contributed by atoms with E-state index < -0.39 is 0 Å². The van der Waals surface area contributed by atoms with Crippen molar-refractivity contribution in [3.05, 3.63) is 47.9 Å². The summed E-state index contributed by atoms with van der Waals surface area (Å²) in [5.41, 5.74) is 1.70. The van der Waals surface area contributed by atoms with Crippen molar-refractivity contribution < 1.29 is 0 Å². The number of nitrogens with zero attached hydrogens (tertiary/aromatic N) is 2. The summed E-state index contributed by atoms with van der Waals surface area (Å²) in [5.74, 6) is 0. The fourth-order valence-corrected chi connectivity index (χ4v) is 1.28. The molecule has 1 aromatic heterocycles. The minimum absolute atomic E-state index is 0.546. The zero-order valence-electron chi connectivity index (χ0n) is 6.74. The van der Waals surface area contributed by atoms with E-state index in [-0.39, 0.29) is 0 Å². The Balaban J connectivity index is 2.54. The van der Waals surface area contributed by atoms with Crippen LogP contribution in [-0.2, 0) is 0 Å². The fraction of sp³-hybridized carbons (Fsp3) is 0. The van der Waals surface area contributed by atoms with Gasteiger partial charge in [-0.05, 0) is 0 Å². The van der Waals surface area contributed by atoms with E-state index >= 15 is 0 Å². The molecule has 0 bridgehead atoms. The smallest absolute Gasteiger partial charge is 0.198 e. The molecule has 0 aliphatic carbocycles. The summed E-state index contributed by atoms with van der Waals surface area (Å²) in [5, 5.41) is 0.546. The van der Waals surface area contributed by atoms with Gasteiger partial charge >= 0.3 is 0 Å². The van der Waals surface area contributed by atoms with Gasteiger partial charge in [-0.1, -0.05) is 41.9 Å².